The lowest BCUT2D eigenvalue weighted by atomic mass is 9.74. The van der Waals surface area contributed by atoms with Crippen LogP contribution in [0, 0.1) is 5.41 Å². The molecule has 0 aromatic carbocycles. The number of ether oxygens (including phenoxy) is 1. The SMILES string of the molecule is CC(CC(=O)NC(C(=O)NCC=O)C(C)(C)CC(C)(C)N)OCCC(C)(C)N. The molecule has 0 rings (SSSR count). The van der Waals surface area contributed by atoms with Crippen LogP contribution in [0.3, 0.4) is 0 Å². The van der Waals surface area contributed by atoms with E-state index < -0.39 is 22.9 Å². The topological polar surface area (TPSA) is 137 Å². The number of rotatable bonds is 13. The fourth-order valence-electron chi connectivity index (χ4n) is 3.20. The highest BCUT2D eigenvalue weighted by Gasteiger charge is 2.39. The average Bonchev–Trinajstić information content (AvgIpc) is 2.46. The Morgan fingerprint density at radius 3 is 2.11 bits per heavy atom. The second-order valence-corrected chi connectivity index (χ2v) is 9.69. The van der Waals surface area contributed by atoms with Crippen LogP contribution in [-0.4, -0.2) is 54.5 Å². The summed E-state index contributed by atoms with van der Waals surface area (Å²) >= 11 is 0. The lowest BCUT2D eigenvalue weighted by Crippen LogP contribution is -2.57. The number of aldehydes is 1. The van der Waals surface area contributed by atoms with E-state index in [4.69, 9.17) is 16.2 Å². The predicted molar refractivity (Wildman–Crippen MR) is 111 cm³/mol. The monoisotopic (exact) mass is 400 g/mol. The first-order valence-corrected chi connectivity index (χ1v) is 9.77. The first-order valence-electron chi connectivity index (χ1n) is 9.77. The Morgan fingerprint density at radius 2 is 1.64 bits per heavy atom. The molecule has 6 N–H and O–H groups in total. The number of nitrogens with one attached hydrogen (secondary N) is 2. The molecule has 0 saturated carbocycles. The van der Waals surface area contributed by atoms with Crippen LogP contribution >= 0.6 is 0 Å². The van der Waals surface area contributed by atoms with Gasteiger partial charge < -0.3 is 31.6 Å². The molecule has 0 aliphatic carbocycles. The molecule has 0 aliphatic heterocycles. The molecular formula is C20H40N4O4. The van der Waals surface area contributed by atoms with E-state index in [1.54, 1.807) is 6.92 Å². The van der Waals surface area contributed by atoms with E-state index in [1.807, 2.05) is 41.5 Å². The van der Waals surface area contributed by atoms with Gasteiger partial charge in [0.15, 0.2) is 0 Å². The van der Waals surface area contributed by atoms with Crippen molar-refractivity contribution in [2.75, 3.05) is 13.2 Å². The van der Waals surface area contributed by atoms with Gasteiger partial charge in [0.1, 0.15) is 12.3 Å². The fourth-order valence-corrected chi connectivity index (χ4v) is 3.20. The molecule has 0 saturated heterocycles. The maximum atomic E-state index is 12.6. The summed E-state index contributed by atoms with van der Waals surface area (Å²) in [5, 5.41) is 5.33. The standard InChI is InChI=1S/C20H40N4O4/c1-14(28-11-8-19(4,5)21)12-15(26)24-16(17(27)23-9-10-25)18(2,3)13-20(6,7)22/h10,14,16H,8-9,11-13,21-22H2,1-7H3,(H,23,27)(H,24,26). The lowest BCUT2D eigenvalue weighted by Gasteiger charge is -2.38. The minimum Gasteiger partial charge on any atom is -0.378 e. The second-order valence-electron chi connectivity index (χ2n) is 9.69. The van der Waals surface area contributed by atoms with Crippen LogP contribution in [0.25, 0.3) is 0 Å². The van der Waals surface area contributed by atoms with Crippen molar-refractivity contribution >= 4 is 18.1 Å². The van der Waals surface area contributed by atoms with Gasteiger partial charge in [-0.05, 0) is 52.9 Å². The van der Waals surface area contributed by atoms with Crippen LogP contribution < -0.4 is 22.1 Å². The van der Waals surface area contributed by atoms with Crippen molar-refractivity contribution in [3.05, 3.63) is 0 Å². The molecule has 0 aromatic rings. The van der Waals surface area contributed by atoms with Crippen molar-refractivity contribution in [2.24, 2.45) is 16.9 Å². The molecule has 164 valence electrons. The zero-order valence-electron chi connectivity index (χ0n) is 18.6. The summed E-state index contributed by atoms with van der Waals surface area (Å²) in [7, 11) is 0. The van der Waals surface area contributed by atoms with E-state index >= 15 is 0 Å². The Kier molecular flexibility index (Phi) is 10.3. The van der Waals surface area contributed by atoms with E-state index in [2.05, 4.69) is 10.6 Å². The van der Waals surface area contributed by atoms with E-state index in [0.29, 0.717) is 25.7 Å². The smallest absolute Gasteiger partial charge is 0.243 e. The summed E-state index contributed by atoms with van der Waals surface area (Å²) < 4.78 is 5.65. The highest BCUT2D eigenvalue weighted by Crippen LogP contribution is 2.30. The van der Waals surface area contributed by atoms with Crippen molar-refractivity contribution in [3.63, 3.8) is 0 Å². The van der Waals surface area contributed by atoms with Crippen LogP contribution in [-0.2, 0) is 19.1 Å². The summed E-state index contributed by atoms with van der Waals surface area (Å²) in [6, 6.07) is -0.821. The quantitative estimate of drug-likeness (QED) is 0.339. The Balaban J connectivity index is 4.99. The number of carbonyl (C=O) groups is 3. The molecule has 28 heavy (non-hydrogen) atoms. The Hall–Kier alpha value is -1.51. The molecule has 8 heteroatoms. The van der Waals surface area contributed by atoms with Gasteiger partial charge in [-0.1, -0.05) is 13.8 Å². The lowest BCUT2D eigenvalue weighted by molar-refractivity contribution is -0.133. The third-order valence-corrected chi connectivity index (χ3v) is 4.24. The van der Waals surface area contributed by atoms with Crippen LogP contribution in [0.2, 0.25) is 0 Å². The summed E-state index contributed by atoms with van der Waals surface area (Å²) in [6.45, 7) is 13.5. The summed E-state index contributed by atoms with van der Waals surface area (Å²) in [5.41, 5.74) is 10.6. The molecule has 0 spiro atoms. The molecule has 0 radical (unpaired) electrons. The normalized spacial score (nSPS) is 14.9. The first kappa shape index (κ1) is 26.5. The molecule has 0 aromatic heterocycles. The van der Waals surface area contributed by atoms with Gasteiger partial charge in [-0.15, -0.1) is 0 Å². The molecule has 0 bridgehead atoms. The van der Waals surface area contributed by atoms with Crippen molar-refractivity contribution in [1.29, 1.82) is 0 Å². The van der Waals surface area contributed by atoms with Crippen LogP contribution in [0.5, 0.6) is 0 Å². The molecular weight excluding hydrogens is 360 g/mol. The minimum absolute atomic E-state index is 0.109. The van der Waals surface area contributed by atoms with Gasteiger partial charge in [-0.3, -0.25) is 9.59 Å². The number of amides is 2. The summed E-state index contributed by atoms with van der Waals surface area (Å²) in [5.74, 6) is -0.707. The van der Waals surface area contributed by atoms with Crippen molar-refractivity contribution in [1.82, 2.24) is 10.6 Å². The van der Waals surface area contributed by atoms with Crippen molar-refractivity contribution in [2.45, 2.75) is 91.0 Å². The van der Waals surface area contributed by atoms with E-state index in [0.717, 1.165) is 0 Å². The number of nitrogens with two attached hydrogens (primary N) is 2. The van der Waals surface area contributed by atoms with E-state index in [1.165, 1.54) is 0 Å². The van der Waals surface area contributed by atoms with Gasteiger partial charge in [0.2, 0.25) is 11.8 Å². The van der Waals surface area contributed by atoms with Gasteiger partial charge in [-0.25, -0.2) is 0 Å². The Labute approximate surface area is 169 Å². The second kappa shape index (κ2) is 10.9. The highest BCUT2D eigenvalue weighted by molar-refractivity contribution is 5.89. The molecule has 0 fully saturated rings. The summed E-state index contributed by atoms with van der Waals surface area (Å²) in [6.07, 6.45) is 1.58. The number of carbonyl (C=O) groups excluding carboxylic acids is 3. The molecule has 8 nitrogen and oxygen atoms in total. The van der Waals surface area contributed by atoms with E-state index in [9.17, 15) is 14.4 Å². The van der Waals surface area contributed by atoms with Crippen LogP contribution in [0.15, 0.2) is 0 Å². The van der Waals surface area contributed by atoms with Gasteiger partial charge in [0.05, 0.1) is 19.1 Å². The maximum Gasteiger partial charge on any atom is 0.243 e. The number of hydrogen-bond donors (Lipinski definition) is 4. The number of hydrogen-bond acceptors (Lipinski definition) is 6. The highest BCUT2D eigenvalue weighted by atomic mass is 16.5. The average molecular weight is 401 g/mol. The Morgan fingerprint density at radius 1 is 1.07 bits per heavy atom. The molecule has 0 aliphatic rings. The van der Waals surface area contributed by atoms with Gasteiger partial charge in [0.25, 0.3) is 0 Å². The predicted octanol–water partition coefficient (Wildman–Crippen LogP) is 0.863. The molecule has 2 amide bonds. The van der Waals surface area contributed by atoms with Gasteiger partial charge in [-0.2, -0.15) is 0 Å². The molecule has 0 heterocycles. The molecule has 2 unspecified atom stereocenters. The van der Waals surface area contributed by atoms with Crippen molar-refractivity contribution in [3.8, 4) is 0 Å². The minimum atomic E-state index is -0.821. The fraction of sp³-hybridized carbons (Fsp3) is 0.850. The zero-order chi connectivity index (χ0) is 22.2. The van der Waals surface area contributed by atoms with Crippen molar-refractivity contribution < 1.29 is 19.1 Å². The van der Waals surface area contributed by atoms with E-state index in [-0.39, 0.29) is 30.5 Å². The largest absolute Gasteiger partial charge is 0.378 e. The zero-order valence-corrected chi connectivity index (χ0v) is 18.6. The first-order chi connectivity index (χ1) is 12.6. The third-order valence-electron chi connectivity index (χ3n) is 4.24. The Bertz CT molecular complexity index is 521. The van der Waals surface area contributed by atoms with Gasteiger partial charge >= 0.3 is 0 Å². The summed E-state index contributed by atoms with van der Waals surface area (Å²) in [4.78, 5) is 35.7. The van der Waals surface area contributed by atoms with Crippen LogP contribution in [0.4, 0.5) is 0 Å². The van der Waals surface area contributed by atoms with Crippen LogP contribution in [0.1, 0.15) is 67.7 Å². The van der Waals surface area contributed by atoms with Gasteiger partial charge in [0, 0.05) is 17.7 Å². The third kappa shape index (κ3) is 12.0. The molecule has 2 atom stereocenters. The maximum absolute atomic E-state index is 12.6.